The lowest BCUT2D eigenvalue weighted by Crippen LogP contribution is -2.38. The van der Waals surface area contributed by atoms with Crippen molar-refractivity contribution in [3.8, 4) is 11.5 Å². The van der Waals surface area contributed by atoms with Crippen LogP contribution in [0.3, 0.4) is 0 Å². The van der Waals surface area contributed by atoms with Gasteiger partial charge in [0.25, 0.3) is 0 Å². The van der Waals surface area contributed by atoms with Gasteiger partial charge in [-0.05, 0) is 47.7 Å². The Labute approximate surface area is 219 Å². The molecule has 0 bridgehead atoms. The summed E-state index contributed by atoms with van der Waals surface area (Å²) in [6, 6.07) is 8.53. The highest BCUT2D eigenvalue weighted by molar-refractivity contribution is 8.16. The first-order valence-corrected chi connectivity index (χ1v) is 12.4. The van der Waals surface area contributed by atoms with Crippen molar-refractivity contribution in [1.29, 1.82) is 0 Å². The maximum absolute atomic E-state index is 13.2. The van der Waals surface area contributed by atoms with Gasteiger partial charge in [-0.3, -0.25) is 9.78 Å². The van der Waals surface area contributed by atoms with E-state index in [1.807, 2.05) is 34.6 Å². The molecule has 1 atom stereocenters. The molecule has 1 amide bonds. The molecular formula is C27H28N4O5S. The fourth-order valence-electron chi connectivity index (χ4n) is 4.07. The molecule has 1 N–H and O–H groups in total. The first-order chi connectivity index (χ1) is 17.9. The van der Waals surface area contributed by atoms with E-state index in [-0.39, 0.29) is 18.9 Å². The number of ether oxygens (including phenoxy) is 3. The average Bonchev–Trinajstić information content (AvgIpc) is 3.31. The number of amides is 1. The zero-order valence-corrected chi connectivity index (χ0v) is 21.7. The van der Waals surface area contributed by atoms with Gasteiger partial charge >= 0.3 is 5.97 Å². The zero-order chi connectivity index (χ0) is 26.4. The van der Waals surface area contributed by atoms with Crippen molar-refractivity contribution < 1.29 is 23.8 Å². The number of esters is 1. The average molecular weight is 521 g/mol. The number of nitrogens with zero attached hydrogens (tertiary/aromatic N) is 3. The summed E-state index contributed by atoms with van der Waals surface area (Å²) in [7, 11) is 3.13. The Balaban J connectivity index is 1.68. The Kier molecular flexibility index (Phi) is 8.29. The van der Waals surface area contributed by atoms with Crippen molar-refractivity contribution in [2.45, 2.75) is 25.9 Å². The third-order valence-electron chi connectivity index (χ3n) is 5.82. The normalized spacial score (nSPS) is 16.4. The lowest BCUT2D eigenvalue weighted by Gasteiger charge is -2.36. The number of allylic oxidation sites excluding steroid dienone is 1. The molecule has 3 heterocycles. The molecule has 192 valence electrons. The Morgan fingerprint density at radius 2 is 1.86 bits per heavy atom. The van der Waals surface area contributed by atoms with Gasteiger partial charge in [-0.25, -0.2) is 9.79 Å². The minimum absolute atomic E-state index is 0.0647. The van der Waals surface area contributed by atoms with E-state index >= 15 is 0 Å². The summed E-state index contributed by atoms with van der Waals surface area (Å²) in [6.45, 7) is 5.86. The summed E-state index contributed by atoms with van der Waals surface area (Å²) >= 11 is 1.41. The van der Waals surface area contributed by atoms with E-state index in [4.69, 9.17) is 14.2 Å². The number of aliphatic imine (C=N–C) groups is 1. The van der Waals surface area contributed by atoms with Crippen molar-refractivity contribution in [1.82, 2.24) is 15.2 Å². The second-order valence-electron chi connectivity index (χ2n) is 8.24. The van der Waals surface area contributed by atoms with E-state index in [1.165, 1.54) is 17.8 Å². The molecule has 4 rings (SSSR count). The maximum atomic E-state index is 13.2. The number of fused-ring (bicyclic) bond motifs is 1. The second kappa shape index (κ2) is 11.8. The Morgan fingerprint density at radius 3 is 2.51 bits per heavy atom. The minimum atomic E-state index is -0.608. The van der Waals surface area contributed by atoms with E-state index in [1.54, 1.807) is 39.6 Å². The third-order valence-corrected chi connectivity index (χ3v) is 6.71. The van der Waals surface area contributed by atoms with Crippen LogP contribution in [0.4, 0.5) is 0 Å². The molecule has 37 heavy (non-hydrogen) atoms. The molecule has 0 aliphatic carbocycles. The molecule has 9 nitrogen and oxygen atoms in total. The molecular weight excluding hydrogens is 492 g/mol. The van der Waals surface area contributed by atoms with Crippen LogP contribution >= 0.6 is 11.8 Å². The van der Waals surface area contributed by atoms with Gasteiger partial charge in [0.05, 0.1) is 38.0 Å². The molecule has 10 heteroatoms. The highest BCUT2D eigenvalue weighted by Crippen LogP contribution is 2.46. The number of benzene rings is 1. The number of hydrogen-bond acceptors (Lipinski definition) is 9. The van der Waals surface area contributed by atoms with Crippen molar-refractivity contribution >= 4 is 28.8 Å². The summed E-state index contributed by atoms with van der Waals surface area (Å²) < 4.78 is 16.4. The number of carbonyl (C=O) groups excluding carboxylic acids is 2. The number of amidine groups is 1. The van der Waals surface area contributed by atoms with Crippen LogP contribution in [0.1, 0.15) is 30.5 Å². The van der Waals surface area contributed by atoms with Crippen LogP contribution in [0.2, 0.25) is 0 Å². The van der Waals surface area contributed by atoms with E-state index < -0.39 is 12.0 Å². The Hall–Kier alpha value is -4.05. The third kappa shape index (κ3) is 5.86. The molecule has 0 spiro atoms. The van der Waals surface area contributed by atoms with E-state index in [2.05, 4.69) is 21.9 Å². The van der Waals surface area contributed by atoms with Crippen LogP contribution in [0.25, 0.3) is 0 Å². The molecule has 2 aliphatic heterocycles. The lowest BCUT2D eigenvalue weighted by molar-refractivity contribution is -0.138. The maximum Gasteiger partial charge on any atom is 0.338 e. The van der Waals surface area contributed by atoms with Crippen molar-refractivity contribution in [2.75, 3.05) is 20.8 Å². The number of hydrogen-bond donors (Lipinski definition) is 1. The van der Waals surface area contributed by atoms with Crippen LogP contribution in [0.15, 0.2) is 82.7 Å². The number of rotatable bonds is 10. The fourth-order valence-corrected chi connectivity index (χ4v) is 5.04. The molecule has 0 unspecified atom stereocenters. The first kappa shape index (κ1) is 26.0. The molecule has 0 radical (unpaired) electrons. The zero-order valence-electron chi connectivity index (χ0n) is 20.9. The van der Waals surface area contributed by atoms with Crippen LogP contribution < -0.4 is 14.8 Å². The number of pyridine rings is 1. The molecule has 2 aliphatic rings. The lowest BCUT2D eigenvalue weighted by atomic mass is 9.93. The van der Waals surface area contributed by atoms with Gasteiger partial charge in [0.1, 0.15) is 18.1 Å². The largest absolute Gasteiger partial charge is 0.497 e. The first-order valence-electron chi connectivity index (χ1n) is 11.6. The predicted molar refractivity (Wildman–Crippen MR) is 142 cm³/mol. The predicted octanol–water partition coefficient (Wildman–Crippen LogP) is 4.11. The van der Waals surface area contributed by atoms with Crippen LogP contribution in [-0.4, -0.2) is 47.8 Å². The molecule has 0 saturated heterocycles. The fraction of sp³-hybridized carbons (Fsp3) is 0.259. The number of carbonyl (C=O) groups is 2. The summed E-state index contributed by atoms with van der Waals surface area (Å²) in [5.41, 5.74) is 3.30. The Morgan fingerprint density at radius 1 is 1.16 bits per heavy atom. The number of nitrogens with one attached hydrogen (secondary N) is 1. The minimum Gasteiger partial charge on any atom is -0.497 e. The second-order valence-corrected chi connectivity index (χ2v) is 9.07. The highest BCUT2D eigenvalue weighted by Gasteiger charge is 2.41. The topological polar surface area (TPSA) is 102 Å². The summed E-state index contributed by atoms with van der Waals surface area (Å²) in [5, 5.41) is 5.50. The SMILES string of the molecule is C=CCOC(=O)C1=C(C)N=C2SC=C(CC(=O)NCc3ccncc3)N2[C@@H]1c1cc(OC)cc(OC)c1. The van der Waals surface area contributed by atoms with E-state index in [0.29, 0.717) is 40.2 Å². The Bertz CT molecular complexity index is 1270. The van der Waals surface area contributed by atoms with Gasteiger partial charge in [-0.1, -0.05) is 24.4 Å². The summed E-state index contributed by atoms with van der Waals surface area (Å²) in [4.78, 5) is 36.7. The molecule has 1 aromatic heterocycles. The number of thioether (sulfide) groups is 1. The highest BCUT2D eigenvalue weighted by atomic mass is 32.2. The quantitative estimate of drug-likeness (QED) is 0.369. The van der Waals surface area contributed by atoms with E-state index in [9.17, 15) is 9.59 Å². The van der Waals surface area contributed by atoms with Crippen LogP contribution in [0, 0.1) is 0 Å². The summed E-state index contributed by atoms with van der Waals surface area (Å²) in [5.74, 6) is 0.476. The number of methoxy groups -OCH3 is 2. The monoisotopic (exact) mass is 520 g/mol. The molecule has 0 fully saturated rings. The van der Waals surface area contributed by atoms with Crippen LogP contribution in [-0.2, 0) is 20.9 Å². The standard InChI is InChI=1S/C27H28N4O5S/c1-5-10-36-26(33)24-17(2)30-27-31(25(24)19-11-21(34-3)14-22(12-19)35-4)20(16-37-27)13-23(32)29-15-18-6-8-28-9-7-18/h5-9,11-12,14,16,25H,1,10,13,15H2,2-4H3,(H,29,32)/t25-/m1/s1. The van der Waals surface area contributed by atoms with Gasteiger partial charge in [0.15, 0.2) is 5.17 Å². The van der Waals surface area contributed by atoms with Crippen molar-refractivity contribution in [3.63, 3.8) is 0 Å². The van der Waals surface area contributed by atoms with Gasteiger partial charge in [0.2, 0.25) is 5.91 Å². The smallest absolute Gasteiger partial charge is 0.338 e. The van der Waals surface area contributed by atoms with Gasteiger partial charge in [-0.15, -0.1) is 0 Å². The summed E-state index contributed by atoms with van der Waals surface area (Å²) in [6.07, 6.45) is 4.98. The van der Waals surface area contributed by atoms with Crippen LogP contribution in [0.5, 0.6) is 11.5 Å². The number of aromatic nitrogens is 1. The van der Waals surface area contributed by atoms with Crippen molar-refractivity contribution in [3.05, 3.63) is 88.9 Å². The molecule has 2 aromatic rings. The molecule has 1 aromatic carbocycles. The van der Waals surface area contributed by atoms with Gasteiger partial charge in [0, 0.05) is 30.7 Å². The molecule has 0 saturated carbocycles. The van der Waals surface area contributed by atoms with Gasteiger partial charge in [-0.2, -0.15) is 0 Å². The van der Waals surface area contributed by atoms with Gasteiger partial charge < -0.3 is 24.4 Å². The van der Waals surface area contributed by atoms with E-state index in [0.717, 1.165) is 11.1 Å². The van der Waals surface area contributed by atoms with Crippen molar-refractivity contribution in [2.24, 2.45) is 4.99 Å².